The van der Waals surface area contributed by atoms with Crippen LogP contribution in [-0.2, 0) is 4.79 Å². The van der Waals surface area contributed by atoms with Crippen LogP contribution in [-0.4, -0.2) is 32.9 Å². The zero-order chi connectivity index (χ0) is 27.0. The number of pyridine rings is 1. The third-order valence-corrected chi connectivity index (χ3v) is 6.09. The van der Waals surface area contributed by atoms with Crippen molar-refractivity contribution in [2.24, 2.45) is 4.99 Å². The van der Waals surface area contributed by atoms with Crippen molar-refractivity contribution in [3.05, 3.63) is 93.5 Å². The highest BCUT2D eigenvalue weighted by Gasteiger charge is 2.31. The number of aryl methyl sites for hydroxylation is 1. The van der Waals surface area contributed by atoms with E-state index < -0.39 is 23.7 Å². The molecule has 38 heavy (non-hydrogen) atoms. The van der Waals surface area contributed by atoms with Crippen molar-refractivity contribution in [2.75, 3.05) is 10.6 Å². The molecule has 0 bridgehead atoms. The Kier molecular flexibility index (Phi) is 6.52. The van der Waals surface area contributed by atoms with E-state index in [9.17, 15) is 19.1 Å². The number of halogens is 2. The molecule has 1 atom stereocenters. The number of aliphatic imine (C=N–C) groups is 1. The van der Waals surface area contributed by atoms with Crippen LogP contribution >= 0.6 is 11.6 Å². The van der Waals surface area contributed by atoms with Crippen LogP contribution in [0.2, 0.25) is 5.02 Å². The molecule has 4 N–H and O–H groups in total. The summed E-state index contributed by atoms with van der Waals surface area (Å²) in [5, 5.41) is 18.3. The van der Waals surface area contributed by atoms with E-state index in [0.717, 1.165) is 5.56 Å². The van der Waals surface area contributed by atoms with Gasteiger partial charge in [0.1, 0.15) is 23.2 Å². The van der Waals surface area contributed by atoms with Crippen LogP contribution in [0.4, 0.5) is 16.2 Å². The number of allylic oxidation sites excluding steroid dienone is 1. The van der Waals surface area contributed by atoms with Crippen molar-refractivity contribution >= 4 is 52.4 Å². The van der Waals surface area contributed by atoms with E-state index in [-0.39, 0.29) is 34.5 Å². The van der Waals surface area contributed by atoms with E-state index in [4.69, 9.17) is 16.0 Å². The predicted octanol–water partition coefficient (Wildman–Crippen LogP) is 5.05. The van der Waals surface area contributed by atoms with Crippen LogP contribution in [0.15, 0.2) is 75.4 Å². The Morgan fingerprint density at radius 3 is 2.71 bits per heavy atom. The van der Waals surface area contributed by atoms with Gasteiger partial charge in [-0.15, -0.1) is 0 Å². The fraction of sp³-hybridized carbons (Fsp3) is 0.115. The van der Waals surface area contributed by atoms with Crippen LogP contribution in [0.3, 0.4) is 0 Å². The van der Waals surface area contributed by atoms with Gasteiger partial charge in [0, 0.05) is 28.5 Å². The number of amides is 1. The van der Waals surface area contributed by atoms with Crippen LogP contribution in [0, 0.1) is 12.7 Å². The number of hydrogen-bond donors (Lipinski definition) is 4. The standard InChI is InChI=1S/C26H20ClFN6O4/c1-12-3-5-16(17(27)9-12)22-21(23(35)32-20-10-14(24(36)37)7-8-29-20)13(2)30-25(33-22)34-26-31-18-6-4-15(28)11-19(18)38-26/h3-11,22H,1-2H3,(H,36,37)(H,29,32,35)(H2,30,31,33,34)/t22-/m1/s1. The number of guanidine groups is 1. The molecule has 0 spiro atoms. The molecule has 0 unspecified atom stereocenters. The Bertz CT molecular complexity index is 1660. The highest BCUT2D eigenvalue weighted by Crippen LogP contribution is 2.36. The number of aromatic nitrogens is 2. The lowest BCUT2D eigenvalue weighted by Crippen LogP contribution is -2.37. The number of aromatic carboxylic acids is 1. The minimum atomic E-state index is -1.15. The molecule has 12 heteroatoms. The van der Waals surface area contributed by atoms with Gasteiger partial charge >= 0.3 is 12.0 Å². The lowest BCUT2D eigenvalue weighted by molar-refractivity contribution is -0.113. The quantitative estimate of drug-likeness (QED) is 0.279. The first-order valence-corrected chi connectivity index (χ1v) is 11.7. The number of rotatable bonds is 5. The fourth-order valence-electron chi connectivity index (χ4n) is 3.98. The summed E-state index contributed by atoms with van der Waals surface area (Å²) < 4.78 is 19.2. The number of carbonyl (C=O) groups excluding carboxylic acids is 1. The largest absolute Gasteiger partial charge is 0.478 e. The highest BCUT2D eigenvalue weighted by molar-refractivity contribution is 6.31. The molecule has 0 radical (unpaired) electrons. The van der Waals surface area contributed by atoms with Crippen molar-refractivity contribution < 1.29 is 23.5 Å². The maximum absolute atomic E-state index is 13.6. The first kappa shape index (κ1) is 24.9. The van der Waals surface area contributed by atoms with Gasteiger partial charge in [-0.2, -0.15) is 4.98 Å². The average Bonchev–Trinajstić information content (AvgIpc) is 3.25. The van der Waals surface area contributed by atoms with Crippen LogP contribution in [0.1, 0.15) is 34.5 Å². The molecule has 4 aromatic rings. The number of carbonyl (C=O) groups is 2. The SMILES string of the molecule is CC1=C(C(=O)Nc2cc(C(=O)O)ccn2)[C@@H](c2ccc(C)cc2Cl)N=C(Nc2nc3ccc(F)cc3o2)N1. The summed E-state index contributed by atoms with van der Waals surface area (Å²) in [4.78, 5) is 37.8. The maximum atomic E-state index is 13.6. The number of nitrogens with one attached hydrogen (secondary N) is 3. The van der Waals surface area contributed by atoms with E-state index in [1.807, 2.05) is 13.0 Å². The third-order valence-electron chi connectivity index (χ3n) is 5.76. The van der Waals surface area contributed by atoms with Crippen LogP contribution in [0.25, 0.3) is 11.1 Å². The number of anilines is 2. The number of oxazole rings is 1. The molecule has 192 valence electrons. The first-order valence-electron chi connectivity index (χ1n) is 11.3. The summed E-state index contributed by atoms with van der Waals surface area (Å²) in [6.45, 7) is 3.57. The average molecular weight is 535 g/mol. The molecule has 2 aromatic carbocycles. The summed E-state index contributed by atoms with van der Waals surface area (Å²) in [5.74, 6) is -1.87. The Morgan fingerprint density at radius 2 is 1.95 bits per heavy atom. The lowest BCUT2D eigenvalue weighted by Gasteiger charge is -2.27. The minimum absolute atomic E-state index is 0.0244. The monoisotopic (exact) mass is 534 g/mol. The predicted molar refractivity (Wildman–Crippen MR) is 140 cm³/mol. The molecular formula is C26H20ClFN6O4. The molecule has 3 heterocycles. The second-order valence-electron chi connectivity index (χ2n) is 8.51. The molecule has 5 rings (SSSR count). The number of carboxylic acids is 1. The van der Waals surface area contributed by atoms with Crippen molar-refractivity contribution in [3.8, 4) is 0 Å². The molecule has 2 aromatic heterocycles. The Morgan fingerprint density at radius 1 is 1.13 bits per heavy atom. The Labute approximate surface area is 220 Å². The van der Waals surface area contributed by atoms with E-state index >= 15 is 0 Å². The maximum Gasteiger partial charge on any atom is 0.335 e. The molecule has 0 saturated heterocycles. The van der Waals surface area contributed by atoms with Gasteiger partial charge in [-0.3, -0.25) is 10.1 Å². The molecule has 0 aliphatic carbocycles. The van der Waals surface area contributed by atoms with Crippen molar-refractivity contribution in [1.82, 2.24) is 15.3 Å². The highest BCUT2D eigenvalue weighted by atomic mass is 35.5. The van der Waals surface area contributed by atoms with E-state index in [2.05, 4.69) is 30.9 Å². The van der Waals surface area contributed by atoms with Gasteiger partial charge in [-0.1, -0.05) is 23.7 Å². The van der Waals surface area contributed by atoms with Crippen molar-refractivity contribution in [2.45, 2.75) is 19.9 Å². The topological polar surface area (TPSA) is 142 Å². The normalized spacial score (nSPS) is 15.2. The van der Waals surface area contributed by atoms with Gasteiger partial charge in [-0.25, -0.2) is 19.2 Å². The summed E-state index contributed by atoms with van der Waals surface area (Å²) in [6, 6.07) is 11.2. The van der Waals surface area contributed by atoms with Gasteiger partial charge in [-0.05, 0) is 49.7 Å². The van der Waals surface area contributed by atoms with Crippen molar-refractivity contribution in [1.29, 1.82) is 0 Å². The number of nitrogens with zero attached hydrogens (tertiary/aromatic N) is 3. The minimum Gasteiger partial charge on any atom is -0.478 e. The summed E-state index contributed by atoms with van der Waals surface area (Å²) in [5.41, 5.74) is 2.85. The summed E-state index contributed by atoms with van der Waals surface area (Å²) in [6.07, 6.45) is 1.29. The summed E-state index contributed by atoms with van der Waals surface area (Å²) in [7, 11) is 0. The van der Waals surface area contributed by atoms with Gasteiger partial charge in [0.15, 0.2) is 5.58 Å². The number of benzene rings is 2. The first-order chi connectivity index (χ1) is 18.2. The molecular weight excluding hydrogens is 515 g/mol. The Balaban J connectivity index is 1.50. The van der Waals surface area contributed by atoms with Crippen LogP contribution in [0.5, 0.6) is 0 Å². The van der Waals surface area contributed by atoms with Gasteiger partial charge < -0.3 is 20.2 Å². The van der Waals surface area contributed by atoms with Gasteiger partial charge in [0.2, 0.25) is 5.96 Å². The zero-order valence-electron chi connectivity index (χ0n) is 20.0. The molecule has 1 amide bonds. The van der Waals surface area contributed by atoms with Crippen molar-refractivity contribution in [3.63, 3.8) is 0 Å². The second kappa shape index (κ2) is 9.94. The zero-order valence-corrected chi connectivity index (χ0v) is 20.8. The smallest absolute Gasteiger partial charge is 0.335 e. The van der Waals surface area contributed by atoms with E-state index in [1.54, 1.807) is 19.1 Å². The van der Waals surface area contributed by atoms with E-state index in [0.29, 0.717) is 21.8 Å². The molecule has 1 aliphatic rings. The van der Waals surface area contributed by atoms with E-state index in [1.165, 1.54) is 36.5 Å². The van der Waals surface area contributed by atoms with Gasteiger partial charge in [0.25, 0.3) is 5.91 Å². The second-order valence-corrected chi connectivity index (χ2v) is 8.92. The molecule has 1 aliphatic heterocycles. The molecule has 0 saturated carbocycles. The number of fused-ring (bicyclic) bond motifs is 1. The molecule has 10 nitrogen and oxygen atoms in total. The molecule has 0 fully saturated rings. The number of carboxylic acid groups (broad SMARTS) is 1. The van der Waals surface area contributed by atoms with Crippen LogP contribution < -0.4 is 16.0 Å². The third kappa shape index (κ3) is 5.04. The van der Waals surface area contributed by atoms with Gasteiger partial charge in [0.05, 0.1) is 11.1 Å². The fourth-order valence-corrected chi connectivity index (χ4v) is 4.32. The number of hydrogen-bond acceptors (Lipinski definition) is 8. The lowest BCUT2D eigenvalue weighted by atomic mass is 9.95. The summed E-state index contributed by atoms with van der Waals surface area (Å²) >= 11 is 6.56. The Hall–Kier alpha value is -4.77.